The predicted octanol–water partition coefficient (Wildman–Crippen LogP) is 2.67. The predicted molar refractivity (Wildman–Crippen MR) is 81.2 cm³/mol. The fraction of sp³-hybridized carbons (Fsp3) is 0.375. The molecule has 0 spiro atoms. The number of nitrogens with one attached hydrogen (secondary N) is 1. The lowest BCUT2D eigenvalue weighted by Gasteiger charge is -2.30. The van der Waals surface area contributed by atoms with Crippen LogP contribution in [0.3, 0.4) is 0 Å². The molecule has 3 rings (SSSR count). The van der Waals surface area contributed by atoms with Crippen LogP contribution >= 0.6 is 0 Å². The summed E-state index contributed by atoms with van der Waals surface area (Å²) in [6.45, 7) is 4.82. The molecule has 20 heavy (non-hydrogen) atoms. The molecule has 2 aromatic rings. The van der Waals surface area contributed by atoms with Crippen molar-refractivity contribution in [3.05, 3.63) is 47.9 Å². The van der Waals surface area contributed by atoms with Gasteiger partial charge in [0, 0.05) is 25.0 Å². The minimum atomic E-state index is 0.771. The van der Waals surface area contributed by atoms with Gasteiger partial charge in [-0.25, -0.2) is 4.98 Å². The third-order valence-electron chi connectivity index (χ3n) is 3.61. The summed E-state index contributed by atoms with van der Waals surface area (Å²) in [4.78, 5) is 11.4. The number of aryl methyl sites for hydroxylation is 1. The topological polar surface area (TPSA) is 41.1 Å². The fourth-order valence-corrected chi connectivity index (χ4v) is 2.63. The average Bonchev–Trinajstić information content (AvgIpc) is 2.52. The molecular formula is C16H20N4. The smallest absolute Gasteiger partial charge is 0.151 e. The summed E-state index contributed by atoms with van der Waals surface area (Å²) in [6.07, 6.45) is 6.01. The Bertz CT molecular complexity index is 582. The maximum absolute atomic E-state index is 4.73. The first kappa shape index (κ1) is 13.1. The molecule has 0 saturated heterocycles. The monoisotopic (exact) mass is 268 g/mol. The van der Waals surface area contributed by atoms with Crippen molar-refractivity contribution >= 4 is 11.5 Å². The summed E-state index contributed by atoms with van der Waals surface area (Å²) in [7, 11) is 0. The van der Waals surface area contributed by atoms with E-state index < -0.39 is 0 Å². The lowest BCUT2D eigenvalue weighted by Crippen LogP contribution is -2.26. The van der Waals surface area contributed by atoms with E-state index in [-0.39, 0.29) is 0 Å². The Morgan fingerprint density at radius 2 is 2.15 bits per heavy atom. The number of fused-ring (bicyclic) bond motifs is 1. The average molecular weight is 268 g/mol. The van der Waals surface area contributed by atoms with Crippen LogP contribution < -0.4 is 10.2 Å². The van der Waals surface area contributed by atoms with Gasteiger partial charge in [0.15, 0.2) is 5.82 Å². The molecule has 0 aliphatic carbocycles. The van der Waals surface area contributed by atoms with E-state index in [1.807, 2.05) is 12.4 Å². The number of hydrogen-bond acceptors (Lipinski definition) is 4. The molecule has 0 saturated carbocycles. The second kappa shape index (κ2) is 6.01. The van der Waals surface area contributed by atoms with Crippen LogP contribution in [0.5, 0.6) is 0 Å². The Morgan fingerprint density at radius 1 is 1.25 bits per heavy atom. The third-order valence-corrected chi connectivity index (χ3v) is 3.61. The van der Waals surface area contributed by atoms with Gasteiger partial charge < -0.3 is 10.2 Å². The summed E-state index contributed by atoms with van der Waals surface area (Å²) in [6, 6.07) is 8.58. The maximum Gasteiger partial charge on any atom is 0.151 e. The molecule has 0 bridgehead atoms. The highest BCUT2D eigenvalue weighted by Crippen LogP contribution is 2.31. The van der Waals surface area contributed by atoms with Gasteiger partial charge in [0.05, 0.1) is 11.9 Å². The van der Waals surface area contributed by atoms with Crippen LogP contribution in [0.4, 0.5) is 11.5 Å². The van der Waals surface area contributed by atoms with Crippen molar-refractivity contribution < 1.29 is 0 Å². The van der Waals surface area contributed by atoms with Crippen molar-refractivity contribution in [3.63, 3.8) is 0 Å². The van der Waals surface area contributed by atoms with Crippen LogP contribution in [0.15, 0.2) is 36.7 Å². The zero-order chi connectivity index (χ0) is 13.8. The normalized spacial score (nSPS) is 14.2. The van der Waals surface area contributed by atoms with Crippen LogP contribution in [0.25, 0.3) is 0 Å². The molecule has 104 valence electrons. The molecule has 1 N–H and O–H groups in total. The molecule has 1 aliphatic heterocycles. The van der Waals surface area contributed by atoms with Gasteiger partial charge in [-0.05, 0) is 31.0 Å². The van der Waals surface area contributed by atoms with Crippen molar-refractivity contribution in [3.8, 4) is 0 Å². The van der Waals surface area contributed by atoms with Crippen LogP contribution in [-0.4, -0.2) is 23.1 Å². The Labute approximate surface area is 119 Å². The molecule has 0 amide bonds. The summed E-state index contributed by atoms with van der Waals surface area (Å²) < 4.78 is 0. The van der Waals surface area contributed by atoms with Gasteiger partial charge in [-0.2, -0.15) is 0 Å². The molecule has 0 unspecified atom stereocenters. The van der Waals surface area contributed by atoms with E-state index in [0.717, 1.165) is 44.0 Å². The molecule has 4 heteroatoms. The van der Waals surface area contributed by atoms with Gasteiger partial charge in [0.25, 0.3) is 0 Å². The van der Waals surface area contributed by atoms with E-state index in [1.54, 1.807) is 0 Å². The Hall–Kier alpha value is -1.94. The van der Waals surface area contributed by atoms with Crippen molar-refractivity contribution in [2.75, 3.05) is 18.0 Å². The Kier molecular flexibility index (Phi) is 3.92. The van der Waals surface area contributed by atoms with E-state index in [4.69, 9.17) is 4.98 Å². The standard InChI is InChI=1S/C16H20N4/c1-2-17-10-14-11-18-12-16(19-14)20-9-5-7-13-6-3-4-8-15(13)20/h3-4,6,8,11-12,17H,2,5,7,9-10H2,1H3. The highest BCUT2D eigenvalue weighted by atomic mass is 15.2. The second-order valence-electron chi connectivity index (χ2n) is 5.03. The van der Waals surface area contributed by atoms with Gasteiger partial charge >= 0.3 is 0 Å². The molecule has 4 nitrogen and oxygen atoms in total. The maximum atomic E-state index is 4.73. The molecule has 1 aliphatic rings. The summed E-state index contributed by atoms with van der Waals surface area (Å²) in [5.41, 5.74) is 3.67. The number of hydrogen-bond donors (Lipinski definition) is 1. The third kappa shape index (κ3) is 2.65. The number of aromatic nitrogens is 2. The molecular weight excluding hydrogens is 248 g/mol. The molecule has 0 fully saturated rings. The molecule has 0 radical (unpaired) electrons. The van der Waals surface area contributed by atoms with Crippen LogP contribution in [-0.2, 0) is 13.0 Å². The van der Waals surface area contributed by atoms with Gasteiger partial charge in [-0.3, -0.25) is 4.98 Å². The first-order chi connectivity index (χ1) is 9.88. The number of anilines is 2. The number of rotatable bonds is 4. The second-order valence-corrected chi connectivity index (χ2v) is 5.03. The van der Waals surface area contributed by atoms with E-state index in [2.05, 4.69) is 46.4 Å². The number of nitrogens with zero attached hydrogens (tertiary/aromatic N) is 3. The number of para-hydroxylation sites is 1. The molecule has 1 aromatic carbocycles. The molecule has 1 aromatic heterocycles. The zero-order valence-electron chi connectivity index (χ0n) is 11.8. The highest BCUT2D eigenvalue weighted by molar-refractivity contribution is 5.64. The Morgan fingerprint density at radius 3 is 3.05 bits per heavy atom. The van der Waals surface area contributed by atoms with E-state index in [9.17, 15) is 0 Å². The minimum absolute atomic E-state index is 0.771. The van der Waals surface area contributed by atoms with Crippen LogP contribution in [0.1, 0.15) is 24.6 Å². The van der Waals surface area contributed by atoms with Gasteiger partial charge in [-0.1, -0.05) is 25.1 Å². The van der Waals surface area contributed by atoms with E-state index >= 15 is 0 Å². The van der Waals surface area contributed by atoms with Gasteiger partial charge in [0.1, 0.15) is 0 Å². The van der Waals surface area contributed by atoms with Crippen LogP contribution in [0, 0.1) is 0 Å². The highest BCUT2D eigenvalue weighted by Gasteiger charge is 2.18. The summed E-state index contributed by atoms with van der Waals surface area (Å²) in [5, 5.41) is 3.29. The van der Waals surface area contributed by atoms with Gasteiger partial charge in [-0.15, -0.1) is 0 Å². The van der Waals surface area contributed by atoms with E-state index in [0.29, 0.717) is 0 Å². The van der Waals surface area contributed by atoms with Crippen molar-refractivity contribution in [2.24, 2.45) is 0 Å². The first-order valence-corrected chi connectivity index (χ1v) is 7.25. The summed E-state index contributed by atoms with van der Waals surface area (Å²) in [5.74, 6) is 0.951. The molecule has 2 heterocycles. The van der Waals surface area contributed by atoms with E-state index in [1.165, 1.54) is 11.3 Å². The van der Waals surface area contributed by atoms with Gasteiger partial charge in [0.2, 0.25) is 0 Å². The molecule has 0 atom stereocenters. The number of benzene rings is 1. The Balaban J connectivity index is 1.90. The lowest BCUT2D eigenvalue weighted by molar-refractivity contribution is 0.701. The van der Waals surface area contributed by atoms with Crippen molar-refractivity contribution in [1.29, 1.82) is 0 Å². The minimum Gasteiger partial charge on any atom is -0.325 e. The zero-order valence-corrected chi connectivity index (χ0v) is 11.8. The SMILES string of the molecule is CCNCc1cncc(N2CCCc3ccccc32)n1. The van der Waals surface area contributed by atoms with Crippen molar-refractivity contribution in [2.45, 2.75) is 26.3 Å². The first-order valence-electron chi connectivity index (χ1n) is 7.25. The summed E-state index contributed by atoms with van der Waals surface area (Å²) >= 11 is 0. The van der Waals surface area contributed by atoms with Crippen molar-refractivity contribution in [1.82, 2.24) is 15.3 Å². The fourth-order valence-electron chi connectivity index (χ4n) is 2.63. The van der Waals surface area contributed by atoms with Crippen LogP contribution in [0.2, 0.25) is 0 Å². The largest absolute Gasteiger partial charge is 0.325 e. The lowest BCUT2D eigenvalue weighted by atomic mass is 10.0. The quantitative estimate of drug-likeness (QED) is 0.925.